The molecule has 0 bridgehead atoms. The Hall–Kier alpha value is -2.46. The molecule has 98 valence electrons. The molecule has 0 aliphatic carbocycles. The summed E-state index contributed by atoms with van der Waals surface area (Å²) in [6.07, 6.45) is 3.08. The zero-order chi connectivity index (χ0) is 14.3. The Balaban J connectivity index is 2.27. The number of nitrogens with zero attached hydrogens (tertiary/aromatic N) is 4. The maximum absolute atomic E-state index is 13.7. The number of fused-ring (bicyclic) bond motifs is 1. The number of benzene rings is 1. The van der Waals surface area contributed by atoms with E-state index in [-0.39, 0.29) is 11.6 Å². The maximum atomic E-state index is 13.7. The van der Waals surface area contributed by atoms with Gasteiger partial charge in [0.15, 0.2) is 5.65 Å². The maximum Gasteiger partial charge on any atom is 0.300 e. The van der Waals surface area contributed by atoms with Crippen LogP contribution in [0.3, 0.4) is 0 Å². The Morgan fingerprint density at radius 3 is 2.90 bits per heavy atom. The number of imidazole rings is 1. The van der Waals surface area contributed by atoms with Crippen LogP contribution < -0.4 is 0 Å². The molecular weight excluding hydrogens is 327 g/mol. The van der Waals surface area contributed by atoms with Crippen molar-refractivity contribution < 1.29 is 9.50 Å². The molecular formula is C13H6BrFN4O. The Morgan fingerprint density at radius 2 is 2.20 bits per heavy atom. The van der Waals surface area contributed by atoms with E-state index < -0.39 is 5.82 Å². The van der Waals surface area contributed by atoms with E-state index in [0.29, 0.717) is 21.4 Å². The normalized spacial score (nSPS) is 10.7. The van der Waals surface area contributed by atoms with Gasteiger partial charge in [-0.25, -0.2) is 9.37 Å². The monoisotopic (exact) mass is 332 g/mol. The number of halogens is 2. The van der Waals surface area contributed by atoms with Crippen molar-refractivity contribution in [2.45, 2.75) is 0 Å². The molecule has 2 aromatic heterocycles. The van der Waals surface area contributed by atoms with Crippen molar-refractivity contribution in [1.82, 2.24) is 14.4 Å². The van der Waals surface area contributed by atoms with E-state index in [1.165, 1.54) is 22.7 Å². The van der Waals surface area contributed by atoms with Crippen LogP contribution in [-0.4, -0.2) is 19.5 Å². The molecule has 5 nitrogen and oxygen atoms in total. The van der Waals surface area contributed by atoms with E-state index in [9.17, 15) is 9.50 Å². The van der Waals surface area contributed by atoms with Crippen molar-refractivity contribution >= 4 is 21.6 Å². The van der Waals surface area contributed by atoms with E-state index in [1.807, 2.05) is 0 Å². The fourth-order valence-corrected chi connectivity index (χ4v) is 2.49. The molecule has 0 amide bonds. The summed E-state index contributed by atoms with van der Waals surface area (Å²) in [4.78, 5) is 8.11. The number of hydrogen-bond donors (Lipinski definition) is 1. The molecule has 0 radical (unpaired) electrons. The molecule has 0 saturated carbocycles. The zero-order valence-electron chi connectivity index (χ0n) is 9.88. The van der Waals surface area contributed by atoms with Crippen molar-refractivity contribution in [3.63, 3.8) is 0 Å². The zero-order valence-corrected chi connectivity index (χ0v) is 11.5. The van der Waals surface area contributed by atoms with Crippen LogP contribution in [0, 0.1) is 17.1 Å². The first kappa shape index (κ1) is 12.6. The molecule has 0 aliphatic heterocycles. The van der Waals surface area contributed by atoms with Crippen molar-refractivity contribution in [1.29, 1.82) is 5.26 Å². The van der Waals surface area contributed by atoms with Gasteiger partial charge in [-0.3, -0.25) is 4.40 Å². The van der Waals surface area contributed by atoms with Gasteiger partial charge in [0.2, 0.25) is 0 Å². The highest BCUT2D eigenvalue weighted by atomic mass is 79.9. The second-order valence-corrected chi connectivity index (χ2v) is 4.79. The Labute approximate surface area is 121 Å². The van der Waals surface area contributed by atoms with Gasteiger partial charge in [-0.05, 0) is 28.1 Å². The van der Waals surface area contributed by atoms with Gasteiger partial charge in [-0.15, -0.1) is 0 Å². The highest BCUT2D eigenvalue weighted by Crippen LogP contribution is 2.32. The lowest BCUT2D eigenvalue weighted by Crippen LogP contribution is -1.95. The summed E-state index contributed by atoms with van der Waals surface area (Å²) < 4.78 is 15.6. The van der Waals surface area contributed by atoms with Gasteiger partial charge in [0.05, 0.1) is 15.7 Å². The summed E-state index contributed by atoms with van der Waals surface area (Å²) in [6.45, 7) is 0. The molecule has 0 spiro atoms. The van der Waals surface area contributed by atoms with Crippen LogP contribution in [0.4, 0.5) is 4.39 Å². The second-order valence-electron chi connectivity index (χ2n) is 4.00. The molecule has 1 N–H and O–H groups in total. The molecule has 3 aromatic rings. The average molecular weight is 333 g/mol. The lowest BCUT2D eigenvalue weighted by molar-refractivity contribution is 0.423. The lowest BCUT2D eigenvalue weighted by atomic mass is 10.1. The molecule has 3 rings (SSSR count). The third-order valence-corrected chi connectivity index (χ3v) is 3.57. The minimum absolute atomic E-state index is 0.0454. The SMILES string of the molecule is N#Cc1ccc(-c2nc(O)n3ccnc3c2Br)cc1F. The Bertz CT molecular complexity index is 869. The first-order valence-corrected chi connectivity index (χ1v) is 6.32. The number of nitriles is 1. The fraction of sp³-hybridized carbons (Fsp3) is 0. The first-order chi connectivity index (χ1) is 9.61. The molecule has 1 aromatic carbocycles. The van der Waals surface area contributed by atoms with Gasteiger partial charge >= 0.3 is 0 Å². The summed E-state index contributed by atoms with van der Waals surface area (Å²) in [6, 6.07) is 5.63. The number of aromatic nitrogens is 3. The molecule has 0 saturated heterocycles. The van der Waals surface area contributed by atoms with E-state index in [4.69, 9.17) is 5.26 Å². The van der Waals surface area contributed by atoms with Crippen LogP contribution in [0.5, 0.6) is 6.01 Å². The summed E-state index contributed by atoms with van der Waals surface area (Å²) >= 11 is 3.35. The van der Waals surface area contributed by atoms with Gasteiger partial charge in [-0.1, -0.05) is 6.07 Å². The van der Waals surface area contributed by atoms with Crippen LogP contribution in [0.15, 0.2) is 35.1 Å². The van der Waals surface area contributed by atoms with Crippen LogP contribution in [0.2, 0.25) is 0 Å². The summed E-state index contributed by atoms with van der Waals surface area (Å²) in [7, 11) is 0. The largest absolute Gasteiger partial charge is 0.480 e. The predicted octanol–water partition coefficient (Wildman–Crippen LogP) is 2.88. The molecule has 0 unspecified atom stereocenters. The standard InChI is InChI=1S/C13H6BrFN4O/c14-10-11(7-1-2-8(6-16)9(15)5-7)18-13(20)19-4-3-17-12(10)19/h1-5H,(H,18,20). The van der Waals surface area contributed by atoms with E-state index in [2.05, 4.69) is 25.9 Å². The van der Waals surface area contributed by atoms with Crippen molar-refractivity contribution in [3.8, 4) is 23.3 Å². The van der Waals surface area contributed by atoms with Gasteiger partial charge in [0, 0.05) is 18.0 Å². The molecule has 0 atom stereocenters. The van der Waals surface area contributed by atoms with Crippen LogP contribution in [0.1, 0.15) is 5.56 Å². The fourth-order valence-electron chi connectivity index (χ4n) is 1.88. The molecule has 7 heteroatoms. The highest BCUT2D eigenvalue weighted by molar-refractivity contribution is 9.10. The highest BCUT2D eigenvalue weighted by Gasteiger charge is 2.15. The molecule has 2 heterocycles. The van der Waals surface area contributed by atoms with Gasteiger partial charge in [0.25, 0.3) is 6.01 Å². The molecule has 20 heavy (non-hydrogen) atoms. The van der Waals surface area contributed by atoms with E-state index in [0.717, 1.165) is 0 Å². The number of hydrogen-bond acceptors (Lipinski definition) is 4. The van der Waals surface area contributed by atoms with E-state index >= 15 is 0 Å². The Kier molecular flexibility index (Phi) is 2.88. The predicted molar refractivity (Wildman–Crippen MR) is 72.5 cm³/mol. The smallest absolute Gasteiger partial charge is 0.300 e. The van der Waals surface area contributed by atoms with Crippen LogP contribution in [-0.2, 0) is 0 Å². The third kappa shape index (κ3) is 1.82. The topological polar surface area (TPSA) is 74.2 Å². The Morgan fingerprint density at radius 1 is 1.40 bits per heavy atom. The van der Waals surface area contributed by atoms with Crippen molar-refractivity contribution in [2.24, 2.45) is 0 Å². The van der Waals surface area contributed by atoms with E-state index in [1.54, 1.807) is 18.3 Å². The van der Waals surface area contributed by atoms with Gasteiger partial charge in [-0.2, -0.15) is 10.2 Å². The summed E-state index contributed by atoms with van der Waals surface area (Å²) in [5.41, 5.74) is 1.21. The summed E-state index contributed by atoms with van der Waals surface area (Å²) in [5.74, 6) is -0.638. The summed E-state index contributed by atoms with van der Waals surface area (Å²) in [5, 5.41) is 18.6. The minimum Gasteiger partial charge on any atom is -0.480 e. The van der Waals surface area contributed by atoms with Crippen LogP contribution >= 0.6 is 15.9 Å². The first-order valence-electron chi connectivity index (χ1n) is 5.53. The molecule has 0 fully saturated rings. The quantitative estimate of drug-likeness (QED) is 0.743. The van der Waals surface area contributed by atoms with Crippen LogP contribution in [0.25, 0.3) is 16.9 Å². The number of aromatic hydroxyl groups is 1. The van der Waals surface area contributed by atoms with Gasteiger partial charge < -0.3 is 5.11 Å². The minimum atomic E-state index is -0.638. The van der Waals surface area contributed by atoms with Crippen molar-refractivity contribution in [3.05, 3.63) is 46.4 Å². The number of rotatable bonds is 1. The van der Waals surface area contributed by atoms with Crippen molar-refractivity contribution in [2.75, 3.05) is 0 Å². The third-order valence-electron chi connectivity index (χ3n) is 2.84. The molecule has 0 aliphatic rings. The second kappa shape index (κ2) is 4.58. The lowest BCUT2D eigenvalue weighted by Gasteiger charge is -2.07. The van der Waals surface area contributed by atoms with Gasteiger partial charge in [0.1, 0.15) is 11.9 Å². The average Bonchev–Trinajstić information content (AvgIpc) is 2.93.